The highest BCUT2D eigenvalue weighted by Crippen LogP contribution is 2.20. The Hall–Kier alpha value is -3.98. The Morgan fingerprint density at radius 3 is 1.84 bits per heavy atom. The van der Waals surface area contributed by atoms with Crippen molar-refractivity contribution in [2.24, 2.45) is 23.3 Å². The highest BCUT2D eigenvalue weighted by atomic mass is 32.2. The third-order valence-electron chi connectivity index (χ3n) is 10.9. The number of phenolic OH excluding ortho intramolecular Hbond substituents is 1. The molecule has 1 rings (SSSR count). The number of thioether (sulfide) groups is 1. The number of carbonyl (C=O) groups is 7. The first-order valence-corrected chi connectivity index (χ1v) is 24.1. The maximum absolute atomic E-state index is 13.9. The minimum atomic E-state index is -1.15. The van der Waals surface area contributed by atoms with Gasteiger partial charge in [-0.3, -0.25) is 33.6 Å². The van der Waals surface area contributed by atoms with Gasteiger partial charge in [0.1, 0.15) is 11.8 Å². The molecule has 0 saturated carbocycles. The molecule has 0 unspecified atom stereocenters. The molecule has 9 N–H and O–H groups in total. The summed E-state index contributed by atoms with van der Waals surface area (Å²) in [4.78, 5) is 91.5. The lowest BCUT2D eigenvalue weighted by molar-refractivity contribution is -0.134. The van der Waals surface area contributed by atoms with E-state index in [1.807, 2.05) is 6.26 Å². The van der Waals surface area contributed by atoms with Gasteiger partial charge in [0.05, 0.1) is 12.6 Å². The van der Waals surface area contributed by atoms with Crippen molar-refractivity contribution < 1.29 is 38.7 Å². The fraction of sp³-hybridized carbons (Fsp3) is 0.717. The number of primary amides is 1. The van der Waals surface area contributed by atoms with Crippen molar-refractivity contribution in [1.29, 1.82) is 0 Å². The number of hydrogen-bond acceptors (Lipinski definition) is 10. The first-order valence-electron chi connectivity index (χ1n) is 22.7. The number of nitrogens with one attached hydrogen (secondary N) is 4. The zero-order valence-corrected chi connectivity index (χ0v) is 38.2. The molecule has 5 amide bonds. The van der Waals surface area contributed by atoms with Crippen LogP contribution in [0, 0.1) is 11.8 Å². The Labute approximate surface area is 369 Å². The molecule has 0 aromatic heterocycles. The van der Waals surface area contributed by atoms with E-state index in [9.17, 15) is 38.7 Å². The van der Waals surface area contributed by atoms with E-state index in [2.05, 4.69) is 28.2 Å². The Morgan fingerprint density at radius 1 is 0.672 bits per heavy atom. The van der Waals surface area contributed by atoms with Crippen LogP contribution in [0.25, 0.3) is 0 Å². The standard InChI is InChI=1S/C46H78N6O8S/c1-4-5-6-7-8-9-10-11-12-13-14-15-16-20-43(57)51-40(27-29-61-3)46(60)50-33-38(54)31-36(30-34-21-23-37(53)24-22-34)45(59)52-39(25-26-42(48)56)41(55)32-35(44(58)49-2)19-17-18-28-47/h21-24,35-36,39-40,53H,4-20,25-33,47H2,1-3H3,(H2,48,56)(H,49,58)(H,50,60)(H,51,57)(H,52,59)/t35-,36-,39-,40+/m1/s1. The number of nitrogens with two attached hydrogens (primary N) is 2. The summed E-state index contributed by atoms with van der Waals surface area (Å²) in [5.74, 6) is -4.26. The van der Waals surface area contributed by atoms with E-state index in [1.54, 1.807) is 12.1 Å². The minimum absolute atomic E-state index is 0.0187. The van der Waals surface area contributed by atoms with Gasteiger partial charge in [0.15, 0.2) is 11.6 Å². The number of aromatic hydroxyl groups is 1. The van der Waals surface area contributed by atoms with Crippen molar-refractivity contribution in [1.82, 2.24) is 21.3 Å². The predicted molar refractivity (Wildman–Crippen MR) is 244 cm³/mol. The van der Waals surface area contributed by atoms with Crippen LogP contribution >= 0.6 is 11.8 Å². The molecule has 0 radical (unpaired) electrons. The van der Waals surface area contributed by atoms with E-state index in [0.717, 1.165) is 25.7 Å². The Morgan fingerprint density at radius 2 is 1.28 bits per heavy atom. The largest absolute Gasteiger partial charge is 0.508 e. The minimum Gasteiger partial charge on any atom is -0.508 e. The molecule has 15 heteroatoms. The molecular formula is C46H78N6O8S. The second-order valence-electron chi connectivity index (χ2n) is 16.3. The molecule has 0 aliphatic heterocycles. The van der Waals surface area contributed by atoms with Gasteiger partial charge in [-0.1, -0.05) is 103 Å². The number of unbranched alkanes of at least 4 members (excludes halogenated alkanes) is 13. The van der Waals surface area contributed by atoms with Gasteiger partial charge in [-0.15, -0.1) is 0 Å². The topological polar surface area (TPSA) is 240 Å². The fourth-order valence-corrected chi connectivity index (χ4v) is 7.72. The molecule has 61 heavy (non-hydrogen) atoms. The van der Waals surface area contributed by atoms with Crippen molar-refractivity contribution in [2.45, 2.75) is 167 Å². The quantitative estimate of drug-likeness (QED) is 0.0409. The molecule has 1 aromatic carbocycles. The molecule has 0 bridgehead atoms. The molecule has 0 spiro atoms. The Balaban J connectivity index is 2.88. The van der Waals surface area contributed by atoms with Crippen molar-refractivity contribution in [3.05, 3.63) is 29.8 Å². The van der Waals surface area contributed by atoms with Crippen molar-refractivity contribution in [3.63, 3.8) is 0 Å². The van der Waals surface area contributed by atoms with Crippen LogP contribution in [-0.2, 0) is 40.0 Å². The highest BCUT2D eigenvalue weighted by Gasteiger charge is 2.31. The summed E-state index contributed by atoms with van der Waals surface area (Å²) in [5.41, 5.74) is 11.7. The van der Waals surface area contributed by atoms with Crippen LogP contribution in [0.4, 0.5) is 0 Å². The summed E-state index contributed by atoms with van der Waals surface area (Å²) < 4.78 is 0. The summed E-state index contributed by atoms with van der Waals surface area (Å²) in [6.07, 6.45) is 19.2. The molecule has 0 aliphatic rings. The second kappa shape index (κ2) is 34.6. The van der Waals surface area contributed by atoms with Gasteiger partial charge in [-0.05, 0) is 74.8 Å². The SMILES string of the molecule is CCCCCCCCCCCCCCCC(=O)N[C@@H](CCSC)C(=O)NCC(=O)C[C@@H](Cc1ccc(O)cc1)C(=O)N[C@H](CCC(N)=O)C(=O)C[C@@H](CCCCN)C(=O)NC. The molecular weight excluding hydrogens is 797 g/mol. The number of ketones is 2. The van der Waals surface area contributed by atoms with E-state index in [4.69, 9.17) is 11.5 Å². The Bertz CT molecular complexity index is 1450. The predicted octanol–water partition coefficient (Wildman–Crippen LogP) is 5.55. The van der Waals surface area contributed by atoms with Gasteiger partial charge in [-0.25, -0.2) is 0 Å². The molecule has 0 heterocycles. The molecule has 1 aromatic rings. The summed E-state index contributed by atoms with van der Waals surface area (Å²) >= 11 is 1.54. The van der Waals surface area contributed by atoms with Crippen LogP contribution in [0.1, 0.15) is 154 Å². The lowest BCUT2D eigenvalue weighted by Crippen LogP contribution is -2.48. The van der Waals surface area contributed by atoms with E-state index < -0.39 is 53.2 Å². The second-order valence-corrected chi connectivity index (χ2v) is 17.2. The van der Waals surface area contributed by atoms with Crippen molar-refractivity contribution in [2.75, 3.05) is 32.1 Å². The molecule has 14 nitrogen and oxygen atoms in total. The van der Waals surface area contributed by atoms with Gasteiger partial charge in [0.2, 0.25) is 29.5 Å². The normalized spacial score (nSPS) is 13.0. The van der Waals surface area contributed by atoms with Gasteiger partial charge in [0, 0.05) is 44.6 Å². The van der Waals surface area contributed by atoms with Gasteiger partial charge in [-0.2, -0.15) is 11.8 Å². The van der Waals surface area contributed by atoms with E-state index >= 15 is 0 Å². The number of amides is 5. The maximum Gasteiger partial charge on any atom is 0.242 e. The lowest BCUT2D eigenvalue weighted by Gasteiger charge is -2.24. The highest BCUT2D eigenvalue weighted by molar-refractivity contribution is 7.98. The number of carbonyl (C=O) groups excluding carboxylic acids is 7. The first kappa shape index (κ1) is 55.0. The van der Waals surface area contributed by atoms with Crippen LogP contribution in [0.2, 0.25) is 0 Å². The average molecular weight is 875 g/mol. The number of benzene rings is 1. The van der Waals surface area contributed by atoms with E-state index in [1.165, 1.54) is 88.7 Å². The third-order valence-corrected chi connectivity index (χ3v) is 11.6. The van der Waals surface area contributed by atoms with Crippen LogP contribution in [0.15, 0.2) is 24.3 Å². The van der Waals surface area contributed by atoms with Crippen LogP contribution in [0.3, 0.4) is 0 Å². The average Bonchev–Trinajstić information content (AvgIpc) is 3.24. The van der Waals surface area contributed by atoms with E-state index in [0.29, 0.717) is 50.0 Å². The summed E-state index contributed by atoms with van der Waals surface area (Å²) in [5, 5.41) is 20.6. The van der Waals surface area contributed by atoms with Crippen molar-refractivity contribution >= 4 is 52.9 Å². The number of phenols is 1. The first-order chi connectivity index (χ1) is 29.3. The molecule has 0 saturated heterocycles. The lowest BCUT2D eigenvalue weighted by atomic mass is 9.90. The van der Waals surface area contributed by atoms with Crippen LogP contribution in [-0.4, -0.2) is 90.4 Å². The van der Waals surface area contributed by atoms with Crippen molar-refractivity contribution in [3.8, 4) is 5.75 Å². The molecule has 0 fully saturated rings. The zero-order chi connectivity index (χ0) is 45.3. The summed E-state index contributed by atoms with van der Waals surface area (Å²) in [6.45, 7) is 2.29. The monoisotopic (exact) mass is 875 g/mol. The van der Waals surface area contributed by atoms with Crippen LogP contribution < -0.4 is 32.7 Å². The number of hydrogen-bond donors (Lipinski definition) is 7. The molecule has 0 aliphatic carbocycles. The van der Waals surface area contributed by atoms with Crippen LogP contribution in [0.5, 0.6) is 5.75 Å². The van der Waals surface area contributed by atoms with Gasteiger partial charge in [0.25, 0.3) is 0 Å². The van der Waals surface area contributed by atoms with Gasteiger partial charge >= 0.3 is 0 Å². The molecule has 4 atom stereocenters. The van der Waals surface area contributed by atoms with E-state index in [-0.39, 0.29) is 56.2 Å². The maximum atomic E-state index is 13.9. The smallest absolute Gasteiger partial charge is 0.242 e. The summed E-state index contributed by atoms with van der Waals surface area (Å²) in [6, 6.07) is 4.16. The Kier molecular flexibility index (Phi) is 31.2. The third kappa shape index (κ3) is 26.9. The fourth-order valence-electron chi connectivity index (χ4n) is 7.24. The van der Waals surface area contributed by atoms with Gasteiger partial charge < -0.3 is 37.8 Å². The number of Topliss-reactive ketones (excluding diaryl/α,β-unsaturated/α-hetero) is 2. The zero-order valence-electron chi connectivity index (χ0n) is 37.4. The summed E-state index contributed by atoms with van der Waals surface area (Å²) in [7, 11) is 1.48. The molecule has 346 valence electrons. The number of rotatable bonds is 38.